The van der Waals surface area contributed by atoms with Gasteiger partial charge in [0.2, 0.25) is 0 Å². The van der Waals surface area contributed by atoms with E-state index >= 15 is 0 Å². The highest BCUT2D eigenvalue weighted by Gasteiger charge is 2.15. The molecule has 0 saturated heterocycles. The molecule has 4 heteroatoms. The normalized spacial score (nSPS) is 12.2. The number of aliphatic hydroxyl groups is 1. The molecule has 1 atom stereocenters. The van der Waals surface area contributed by atoms with Crippen molar-refractivity contribution in [2.24, 2.45) is 0 Å². The molecule has 0 aromatic heterocycles. The average molecular weight is 250 g/mol. The standard InChI is InChI=1S/C14H12F2O2/c1-9(17)10-5-4-7-12(16)14(10)18-13-8-3-2-6-11(13)15/h2-9,17H,1H3/t9-/m1/s1. The van der Waals surface area contributed by atoms with E-state index in [0.717, 1.165) is 0 Å². The van der Waals surface area contributed by atoms with Gasteiger partial charge in [-0.2, -0.15) is 0 Å². The minimum atomic E-state index is -0.900. The van der Waals surface area contributed by atoms with Gasteiger partial charge < -0.3 is 9.84 Å². The molecule has 2 aromatic rings. The maximum Gasteiger partial charge on any atom is 0.168 e. The molecule has 0 bridgehead atoms. The fourth-order valence-corrected chi connectivity index (χ4v) is 1.60. The number of ether oxygens (including phenoxy) is 1. The van der Waals surface area contributed by atoms with Gasteiger partial charge in [-0.25, -0.2) is 8.78 Å². The predicted molar refractivity (Wildman–Crippen MR) is 63.5 cm³/mol. The molecule has 1 N–H and O–H groups in total. The second-order valence-electron chi connectivity index (χ2n) is 3.87. The summed E-state index contributed by atoms with van der Waals surface area (Å²) in [5.74, 6) is -1.46. The van der Waals surface area contributed by atoms with Gasteiger partial charge >= 0.3 is 0 Å². The van der Waals surface area contributed by atoms with Crippen LogP contribution in [-0.2, 0) is 0 Å². The maximum atomic E-state index is 13.7. The lowest BCUT2D eigenvalue weighted by Crippen LogP contribution is -1.99. The Kier molecular flexibility index (Phi) is 3.58. The lowest BCUT2D eigenvalue weighted by atomic mass is 10.1. The summed E-state index contributed by atoms with van der Waals surface area (Å²) in [5.41, 5.74) is 0.276. The van der Waals surface area contributed by atoms with Gasteiger partial charge in [0.05, 0.1) is 6.10 Å². The van der Waals surface area contributed by atoms with Crippen LogP contribution in [-0.4, -0.2) is 5.11 Å². The first kappa shape index (κ1) is 12.5. The fourth-order valence-electron chi connectivity index (χ4n) is 1.60. The maximum absolute atomic E-state index is 13.7. The highest BCUT2D eigenvalue weighted by molar-refractivity contribution is 5.40. The average Bonchev–Trinajstić information content (AvgIpc) is 2.34. The van der Waals surface area contributed by atoms with Gasteiger partial charge in [0.1, 0.15) is 0 Å². The fraction of sp³-hybridized carbons (Fsp3) is 0.143. The summed E-state index contributed by atoms with van der Waals surface area (Å²) >= 11 is 0. The summed E-state index contributed by atoms with van der Waals surface area (Å²) in [6.07, 6.45) is -0.900. The van der Waals surface area contributed by atoms with E-state index in [0.29, 0.717) is 0 Å². The van der Waals surface area contributed by atoms with E-state index in [9.17, 15) is 13.9 Å². The van der Waals surface area contributed by atoms with Crippen LogP contribution in [0, 0.1) is 11.6 Å². The van der Waals surface area contributed by atoms with Crippen LogP contribution in [0.2, 0.25) is 0 Å². The molecular formula is C14H12F2O2. The van der Waals surface area contributed by atoms with Crippen LogP contribution in [0.3, 0.4) is 0 Å². The molecule has 0 radical (unpaired) electrons. The number of hydrogen-bond donors (Lipinski definition) is 1. The minimum Gasteiger partial charge on any atom is -0.451 e. The molecule has 2 aromatic carbocycles. The lowest BCUT2D eigenvalue weighted by Gasteiger charge is -2.14. The molecule has 18 heavy (non-hydrogen) atoms. The molecule has 0 saturated carbocycles. The molecule has 0 aliphatic rings. The zero-order valence-electron chi connectivity index (χ0n) is 9.73. The summed E-state index contributed by atoms with van der Waals surface area (Å²) in [6.45, 7) is 1.49. The van der Waals surface area contributed by atoms with Crippen molar-refractivity contribution in [2.75, 3.05) is 0 Å². The molecule has 94 valence electrons. The third-order valence-corrected chi connectivity index (χ3v) is 2.50. The lowest BCUT2D eigenvalue weighted by molar-refractivity contribution is 0.194. The molecular weight excluding hydrogens is 238 g/mol. The summed E-state index contributed by atoms with van der Waals surface area (Å²) in [5, 5.41) is 9.54. The second-order valence-corrected chi connectivity index (χ2v) is 3.87. The number of aliphatic hydroxyl groups excluding tert-OH is 1. The summed E-state index contributed by atoms with van der Waals surface area (Å²) < 4.78 is 32.3. The number of rotatable bonds is 3. The van der Waals surface area contributed by atoms with Crippen molar-refractivity contribution in [3.8, 4) is 11.5 Å². The van der Waals surface area contributed by atoms with E-state index in [1.807, 2.05) is 0 Å². The quantitative estimate of drug-likeness (QED) is 0.897. The zero-order chi connectivity index (χ0) is 13.1. The van der Waals surface area contributed by atoms with E-state index in [1.165, 1.54) is 43.3 Å². The first-order chi connectivity index (χ1) is 8.59. The second kappa shape index (κ2) is 5.14. The SMILES string of the molecule is C[C@@H](O)c1cccc(F)c1Oc1ccccc1F. The molecule has 0 spiro atoms. The molecule has 2 nitrogen and oxygen atoms in total. The Balaban J connectivity index is 2.43. The Bertz CT molecular complexity index is 553. The molecule has 0 aliphatic carbocycles. The number of hydrogen-bond acceptors (Lipinski definition) is 2. The Morgan fingerprint density at radius 3 is 2.33 bits per heavy atom. The molecule has 0 fully saturated rings. The zero-order valence-corrected chi connectivity index (χ0v) is 9.73. The van der Waals surface area contributed by atoms with E-state index < -0.39 is 17.7 Å². The van der Waals surface area contributed by atoms with Crippen LogP contribution in [0.25, 0.3) is 0 Å². The largest absolute Gasteiger partial charge is 0.451 e. The highest BCUT2D eigenvalue weighted by Crippen LogP contribution is 2.33. The number of halogens is 2. The Morgan fingerprint density at radius 1 is 1.00 bits per heavy atom. The van der Waals surface area contributed by atoms with Crippen molar-refractivity contribution >= 4 is 0 Å². The van der Waals surface area contributed by atoms with Crippen molar-refractivity contribution in [1.29, 1.82) is 0 Å². The van der Waals surface area contributed by atoms with Gasteiger partial charge in [0.15, 0.2) is 23.1 Å². The molecule has 0 aliphatic heterocycles. The Labute approximate surface area is 103 Å². The van der Waals surface area contributed by atoms with Crippen LogP contribution in [0.5, 0.6) is 11.5 Å². The van der Waals surface area contributed by atoms with Crippen LogP contribution >= 0.6 is 0 Å². The Morgan fingerprint density at radius 2 is 1.67 bits per heavy atom. The van der Waals surface area contributed by atoms with Crippen molar-refractivity contribution in [2.45, 2.75) is 13.0 Å². The van der Waals surface area contributed by atoms with Gasteiger partial charge in [-0.15, -0.1) is 0 Å². The first-order valence-electron chi connectivity index (χ1n) is 5.48. The van der Waals surface area contributed by atoms with Crippen molar-refractivity contribution in [1.82, 2.24) is 0 Å². The monoisotopic (exact) mass is 250 g/mol. The van der Waals surface area contributed by atoms with E-state index in [-0.39, 0.29) is 17.1 Å². The van der Waals surface area contributed by atoms with Crippen molar-refractivity contribution < 1.29 is 18.6 Å². The van der Waals surface area contributed by atoms with Crippen molar-refractivity contribution in [3.05, 3.63) is 59.7 Å². The van der Waals surface area contributed by atoms with E-state index in [2.05, 4.69) is 0 Å². The van der Waals surface area contributed by atoms with Gasteiger partial charge in [-0.3, -0.25) is 0 Å². The molecule has 0 unspecified atom stereocenters. The topological polar surface area (TPSA) is 29.5 Å². The van der Waals surface area contributed by atoms with Crippen LogP contribution in [0.4, 0.5) is 8.78 Å². The van der Waals surface area contributed by atoms with Gasteiger partial charge in [0, 0.05) is 5.56 Å². The predicted octanol–water partition coefficient (Wildman–Crippen LogP) is 3.81. The summed E-state index contributed by atoms with van der Waals surface area (Å²) in [4.78, 5) is 0. The van der Waals surface area contributed by atoms with Crippen LogP contribution in [0.1, 0.15) is 18.6 Å². The number of benzene rings is 2. The molecule has 2 rings (SSSR count). The van der Waals surface area contributed by atoms with Crippen molar-refractivity contribution in [3.63, 3.8) is 0 Å². The summed E-state index contributed by atoms with van der Waals surface area (Å²) in [6, 6.07) is 9.91. The third kappa shape index (κ3) is 2.49. The van der Waals surface area contributed by atoms with Gasteiger partial charge in [0.25, 0.3) is 0 Å². The minimum absolute atomic E-state index is 0.0792. The van der Waals surface area contributed by atoms with Crippen LogP contribution < -0.4 is 4.74 Å². The van der Waals surface area contributed by atoms with Gasteiger partial charge in [-0.1, -0.05) is 24.3 Å². The number of para-hydroxylation sites is 2. The Hall–Kier alpha value is -1.94. The smallest absolute Gasteiger partial charge is 0.168 e. The third-order valence-electron chi connectivity index (χ3n) is 2.50. The van der Waals surface area contributed by atoms with E-state index in [4.69, 9.17) is 4.74 Å². The summed E-state index contributed by atoms with van der Waals surface area (Å²) in [7, 11) is 0. The van der Waals surface area contributed by atoms with Crippen LogP contribution in [0.15, 0.2) is 42.5 Å². The molecule has 0 amide bonds. The van der Waals surface area contributed by atoms with Gasteiger partial charge in [-0.05, 0) is 25.1 Å². The molecule has 0 heterocycles. The highest BCUT2D eigenvalue weighted by atomic mass is 19.1. The van der Waals surface area contributed by atoms with E-state index in [1.54, 1.807) is 6.07 Å². The first-order valence-corrected chi connectivity index (χ1v) is 5.48.